The molecule has 9 saturated heterocycles. The number of methoxy groups -OCH3 is 19. The van der Waals surface area contributed by atoms with Crippen molar-refractivity contribution in [1.29, 1.82) is 0 Å². The molecule has 1 aromatic carbocycles. The van der Waals surface area contributed by atoms with Crippen LogP contribution in [0.25, 0.3) is 0 Å². The van der Waals surface area contributed by atoms with Crippen LogP contribution >= 0.6 is 0 Å². The molecular weight excluding hydrogens is 1380 g/mol. The van der Waals surface area contributed by atoms with Gasteiger partial charge in [0.1, 0.15) is 171 Å². The highest BCUT2D eigenvalue weighted by molar-refractivity contribution is 5.17. The van der Waals surface area contributed by atoms with Gasteiger partial charge in [0.15, 0.2) is 50.3 Å². The van der Waals surface area contributed by atoms with E-state index in [1.807, 2.05) is 30.3 Å². The first-order chi connectivity index (χ1) is 50.2. The van der Waals surface area contributed by atoms with Crippen molar-refractivity contribution in [2.75, 3.05) is 181 Å². The van der Waals surface area contributed by atoms with Gasteiger partial charge in [0, 0.05) is 141 Å². The van der Waals surface area contributed by atoms with Crippen LogP contribution in [0, 0.1) is 0 Å². The first-order valence-electron chi connectivity index (χ1n) is 34.5. The number of rotatable bonds is 37. The van der Waals surface area contributed by atoms with Crippen molar-refractivity contribution in [1.82, 2.24) is 0 Å². The first-order valence-corrected chi connectivity index (χ1v) is 34.5. The average Bonchev–Trinajstić information content (AvgIpc) is 0.981. The largest absolute Gasteiger partial charge is 0.382 e. The normalized spacial score (nSPS) is 45.2. The molecule has 2 bridgehead atoms. The summed E-state index contributed by atoms with van der Waals surface area (Å²) in [6.07, 6.45) is -31.9. The van der Waals surface area contributed by atoms with E-state index in [1.165, 1.54) is 92.4 Å². The number of benzene rings is 1. The summed E-state index contributed by atoms with van der Waals surface area (Å²) in [6.45, 7) is 0.374. The number of ether oxygens (including phenoxy) is 35. The van der Waals surface area contributed by atoms with E-state index in [0.29, 0.717) is 0 Å². The molecule has 9 heterocycles. The van der Waals surface area contributed by atoms with Crippen LogP contribution in [0.2, 0.25) is 0 Å². The smallest absolute Gasteiger partial charge is 0.187 e. The number of hydrogen-bond donors (Lipinski definition) is 0. The van der Waals surface area contributed by atoms with Gasteiger partial charge >= 0.3 is 0 Å². The highest BCUT2D eigenvalue weighted by Gasteiger charge is 2.62. The Kier molecular flexibility index (Phi) is 32.5. The van der Waals surface area contributed by atoms with Crippen LogP contribution < -0.4 is 0 Å². The highest BCUT2D eigenvalue weighted by Crippen LogP contribution is 2.44. The third-order valence-electron chi connectivity index (χ3n) is 20.5. The Hall–Kier alpha value is -2.18. The maximum absolute atomic E-state index is 7.05. The first kappa shape index (κ1) is 83.3. The predicted molar refractivity (Wildman–Crippen MR) is 346 cm³/mol. The monoisotopic (exact) mass is 1490 g/mol. The molecule has 17 unspecified atom stereocenters. The van der Waals surface area contributed by atoms with E-state index in [9.17, 15) is 0 Å². The molecule has 9 aliphatic heterocycles. The Labute approximate surface area is 602 Å². The second-order valence-corrected chi connectivity index (χ2v) is 26.0. The fraction of sp³-hybridized carbons (Fsp3) is 0.912. The molecule has 0 radical (unpaired) electrons. The Morgan fingerprint density at radius 3 is 0.825 bits per heavy atom. The topological polar surface area (TPSA) is 323 Å². The van der Waals surface area contributed by atoms with Crippen LogP contribution in [-0.2, 0) is 166 Å². The highest BCUT2D eigenvalue weighted by atomic mass is 16.8. The number of hydrogen-bond acceptors (Lipinski definition) is 35. The van der Waals surface area contributed by atoms with Crippen molar-refractivity contribution in [2.45, 2.75) is 221 Å². The molecule has 0 spiro atoms. The van der Waals surface area contributed by atoms with E-state index >= 15 is 0 Å². The summed E-state index contributed by atoms with van der Waals surface area (Å²) in [5, 5.41) is 0. The summed E-state index contributed by atoms with van der Waals surface area (Å²) in [5.41, 5.74) is 0.851. The van der Waals surface area contributed by atoms with E-state index < -0.39 is 221 Å². The van der Waals surface area contributed by atoms with Gasteiger partial charge in [0.2, 0.25) is 0 Å². The summed E-state index contributed by atoms with van der Waals surface area (Å²) in [6, 6.07) is 9.63. The lowest BCUT2D eigenvalue weighted by Gasteiger charge is -2.52. The van der Waals surface area contributed by atoms with E-state index in [4.69, 9.17) is 166 Å². The van der Waals surface area contributed by atoms with Gasteiger partial charge in [-0.05, 0) is 0 Å². The fourth-order valence-corrected chi connectivity index (χ4v) is 15.7. The average molecular weight is 1490 g/mol. The lowest BCUT2D eigenvalue weighted by Crippen LogP contribution is -2.69. The van der Waals surface area contributed by atoms with Gasteiger partial charge in [-0.2, -0.15) is 0 Å². The Morgan fingerprint density at radius 1 is 0.252 bits per heavy atom. The molecule has 0 N–H and O–H groups in total. The minimum Gasteiger partial charge on any atom is -0.382 e. The van der Waals surface area contributed by atoms with Crippen LogP contribution in [0.15, 0.2) is 30.3 Å². The Morgan fingerprint density at radius 2 is 0.524 bits per heavy atom. The zero-order valence-electron chi connectivity index (χ0n) is 62.4. The fourth-order valence-electron chi connectivity index (χ4n) is 15.7. The second-order valence-electron chi connectivity index (χ2n) is 26.0. The second kappa shape index (κ2) is 40.1. The summed E-state index contributed by atoms with van der Waals surface area (Å²) < 4.78 is 223. The van der Waals surface area contributed by atoms with Gasteiger partial charge in [0.25, 0.3) is 0 Å². The molecule has 0 aromatic heterocycles. The molecule has 9 aliphatic rings. The molecule has 9 fully saturated rings. The van der Waals surface area contributed by atoms with Gasteiger partial charge in [-0.3, -0.25) is 0 Å². The maximum Gasteiger partial charge on any atom is 0.187 e. The molecule has 103 heavy (non-hydrogen) atoms. The van der Waals surface area contributed by atoms with Gasteiger partial charge in [-0.15, -0.1) is 0 Å². The standard InChI is InChI=1S/C68H112O35/c1-69-25-33-40(48(75-7)55(82-14)63(91-33)99-41-34(26-70-2)93-65(57(84-16)49(41)76-8)101-43-36(28-72-4)95-67(59(86-18)51(43)78-10)103-46-38-31-89-62(90-38)54(81-13)47(46)74-6)98-64-56(83-15)50(77-9)42(35(92-64)27-71-3)100-66-58(85-17)52(79-11)44(37(94-66)29-73-5)102-68-60(87-19)53(80-12)45-39(96-68)30-88-61(97-45)32-23-21-20-22-24-32/h20-24,33-68H,25-31H2,1-19H3/t33?,34?,35?,36?,37?,38-,39?,40+,41+,42+,43+,44+,45+,46+,47?,48?,49-,50?,51-,52-,53-,54?,55?,56?,57?,58?,59?,60?,61?,62+,63-,64+,65-,66-,67-,68-/m0/s1. The Balaban J connectivity index is 0.836. The molecule has 0 saturated carbocycles. The molecule has 1 aromatic rings. The van der Waals surface area contributed by atoms with Crippen molar-refractivity contribution >= 4 is 0 Å². The summed E-state index contributed by atoms with van der Waals surface area (Å²) in [5.74, 6) is 0. The van der Waals surface area contributed by atoms with E-state index in [-0.39, 0.29) is 46.2 Å². The molecule has 594 valence electrons. The quantitative estimate of drug-likeness (QED) is 0.0843. The SMILES string of the molecule is COCC1O[C@@H](O[C@@H]2C(COC)O[C@@H](O[C@@H]3C(COC)O[C@@H](O[C@H]4C(OC)C(OC)[C@@H]5OC[C@@H]4O5)C(OC)[C@H]3OC)C(OC)[C@H]2OC)C(OC)C(OC)[C@@H]1O[C@H]1OC(COC)[C@@H](O[C@@H]2OC(COC)[C@@H](O[C@@H]3OC4COC(c5ccccc5)O[C@H]4[C@H](OC)C3OC)[C@H](OC)C2OC)C(OC)C1OC. The predicted octanol–water partition coefficient (Wildman–Crippen LogP) is -0.0417. The van der Waals surface area contributed by atoms with Crippen molar-refractivity contribution < 1.29 is 166 Å². The summed E-state index contributed by atoms with van der Waals surface area (Å²) >= 11 is 0. The van der Waals surface area contributed by atoms with Crippen LogP contribution in [0.1, 0.15) is 11.9 Å². The van der Waals surface area contributed by atoms with Crippen molar-refractivity contribution in [3.8, 4) is 0 Å². The lowest BCUT2D eigenvalue weighted by molar-refractivity contribution is -0.406. The third kappa shape index (κ3) is 17.9. The molecule has 36 atom stereocenters. The molecule has 35 nitrogen and oxygen atoms in total. The van der Waals surface area contributed by atoms with Crippen molar-refractivity contribution in [3.63, 3.8) is 0 Å². The van der Waals surface area contributed by atoms with Crippen LogP contribution in [0.4, 0.5) is 0 Å². The van der Waals surface area contributed by atoms with Crippen LogP contribution in [0.3, 0.4) is 0 Å². The molecular formula is C68H112O35. The maximum atomic E-state index is 7.05. The van der Waals surface area contributed by atoms with Gasteiger partial charge < -0.3 is 166 Å². The van der Waals surface area contributed by atoms with Gasteiger partial charge in [0.05, 0.1) is 46.2 Å². The summed E-state index contributed by atoms with van der Waals surface area (Å²) in [7, 11) is 29.1. The van der Waals surface area contributed by atoms with E-state index in [1.54, 1.807) is 42.7 Å². The van der Waals surface area contributed by atoms with Crippen molar-refractivity contribution in [2.24, 2.45) is 0 Å². The minimum absolute atomic E-state index is 0.0155. The zero-order chi connectivity index (χ0) is 73.6. The molecule has 10 rings (SSSR count). The van der Waals surface area contributed by atoms with Gasteiger partial charge in [-0.1, -0.05) is 30.3 Å². The zero-order valence-corrected chi connectivity index (χ0v) is 62.4. The molecule has 35 heteroatoms. The lowest BCUT2D eigenvalue weighted by atomic mass is 9.94. The number of fused-ring (bicyclic) bond motifs is 3. The van der Waals surface area contributed by atoms with Crippen LogP contribution in [0.5, 0.6) is 0 Å². The van der Waals surface area contributed by atoms with E-state index in [0.717, 1.165) is 5.56 Å². The van der Waals surface area contributed by atoms with Crippen molar-refractivity contribution in [3.05, 3.63) is 35.9 Å². The van der Waals surface area contributed by atoms with Crippen LogP contribution in [-0.4, -0.2) is 396 Å². The molecule has 0 amide bonds. The minimum atomic E-state index is -1.22. The molecule has 0 aliphatic carbocycles. The third-order valence-corrected chi connectivity index (χ3v) is 20.5. The van der Waals surface area contributed by atoms with E-state index in [2.05, 4.69) is 0 Å². The van der Waals surface area contributed by atoms with Gasteiger partial charge in [-0.25, -0.2) is 0 Å². The Bertz CT molecular complexity index is 2560. The summed E-state index contributed by atoms with van der Waals surface area (Å²) in [4.78, 5) is 0.